The van der Waals surface area contributed by atoms with Crippen molar-refractivity contribution in [1.29, 1.82) is 0 Å². The second-order valence-electron chi connectivity index (χ2n) is 5.27. The lowest BCUT2D eigenvalue weighted by Gasteiger charge is -2.26. The fraction of sp³-hybridized carbons (Fsp3) is 0.533. The van der Waals surface area contributed by atoms with Crippen molar-refractivity contribution in [3.05, 3.63) is 33.8 Å². The number of carbonyl (C=O) groups excluding carboxylic acids is 1. The first-order chi connectivity index (χ1) is 9.96. The highest BCUT2D eigenvalue weighted by Crippen LogP contribution is 2.25. The fourth-order valence-electron chi connectivity index (χ4n) is 2.35. The highest BCUT2D eigenvalue weighted by molar-refractivity contribution is 9.10. The van der Waals surface area contributed by atoms with Crippen molar-refractivity contribution in [2.45, 2.75) is 31.6 Å². The van der Waals surface area contributed by atoms with Crippen molar-refractivity contribution < 1.29 is 19.4 Å². The Labute approximate surface area is 132 Å². The number of aliphatic hydroxyl groups is 1. The van der Waals surface area contributed by atoms with Crippen LogP contribution in [0.1, 0.15) is 29.3 Å². The smallest absolute Gasteiger partial charge is 0.337 e. The molecule has 0 amide bonds. The van der Waals surface area contributed by atoms with Crippen molar-refractivity contribution in [2.24, 2.45) is 0 Å². The molecule has 2 unspecified atom stereocenters. The third-order valence-corrected chi connectivity index (χ3v) is 4.62. The van der Waals surface area contributed by atoms with Gasteiger partial charge in [0.15, 0.2) is 0 Å². The number of halogens is 1. The molecule has 1 aliphatic heterocycles. The van der Waals surface area contributed by atoms with Crippen LogP contribution in [-0.4, -0.2) is 43.0 Å². The van der Waals surface area contributed by atoms with Crippen LogP contribution in [0.2, 0.25) is 0 Å². The van der Waals surface area contributed by atoms with E-state index in [1.165, 1.54) is 7.11 Å². The third kappa shape index (κ3) is 3.83. The van der Waals surface area contributed by atoms with Gasteiger partial charge in [-0.3, -0.25) is 0 Å². The SMILES string of the molecule is COC(=O)c1ccc(CNCC2(O)CCOC2C)c(Br)c1. The molecule has 0 aliphatic carbocycles. The van der Waals surface area contributed by atoms with Crippen molar-refractivity contribution in [3.8, 4) is 0 Å². The molecule has 5 nitrogen and oxygen atoms in total. The Kier molecular flexibility index (Phi) is 5.37. The summed E-state index contributed by atoms with van der Waals surface area (Å²) in [5.41, 5.74) is 0.709. The molecule has 116 valence electrons. The average molecular weight is 358 g/mol. The molecular weight excluding hydrogens is 338 g/mol. The highest BCUT2D eigenvalue weighted by atomic mass is 79.9. The molecule has 1 heterocycles. The lowest BCUT2D eigenvalue weighted by molar-refractivity contribution is -0.0263. The molecule has 1 aromatic rings. The van der Waals surface area contributed by atoms with Crippen LogP contribution in [0.15, 0.2) is 22.7 Å². The third-order valence-electron chi connectivity index (χ3n) is 3.88. The number of esters is 1. The van der Waals surface area contributed by atoms with Crippen LogP contribution in [0.5, 0.6) is 0 Å². The summed E-state index contributed by atoms with van der Waals surface area (Å²) in [5.74, 6) is -0.360. The Balaban J connectivity index is 1.93. The van der Waals surface area contributed by atoms with E-state index >= 15 is 0 Å². The average Bonchev–Trinajstić information content (AvgIpc) is 2.79. The summed E-state index contributed by atoms with van der Waals surface area (Å²) in [6, 6.07) is 5.32. The summed E-state index contributed by atoms with van der Waals surface area (Å²) in [6.07, 6.45) is 0.485. The standard InChI is InChI=1S/C15H20BrNO4/c1-10-15(19,5-6-21-10)9-17-8-12-4-3-11(7-13(12)16)14(18)20-2/h3-4,7,10,17,19H,5-6,8-9H2,1-2H3. The van der Waals surface area contributed by atoms with E-state index in [0.717, 1.165) is 10.0 Å². The van der Waals surface area contributed by atoms with Gasteiger partial charge in [0.2, 0.25) is 0 Å². The van der Waals surface area contributed by atoms with E-state index in [9.17, 15) is 9.90 Å². The molecular formula is C15H20BrNO4. The first-order valence-electron chi connectivity index (χ1n) is 6.88. The van der Waals surface area contributed by atoms with Gasteiger partial charge in [0.1, 0.15) is 5.60 Å². The van der Waals surface area contributed by atoms with Gasteiger partial charge in [-0.05, 0) is 24.6 Å². The fourth-order valence-corrected chi connectivity index (χ4v) is 2.87. The van der Waals surface area contributed by atoms with Gasteiger partial charge in [-0.2, -0.15) is 0 Å². The van der Waals surface area contributed by atoms with Gasteiger partial charge in [0.25, 0.3) is 0 Å². The van der Waals surface area contributed by atoms with Gasteiger partial charge in [0, 0.05) is 30.6 Å². The summed E-state index contributed by atoms with van der Waals surface area (Å²) in [6.45, 7) is 3.54. The van der Waals surface area contributed by atoms with Crippen LogP contribution in [0.3, 0.4) is 0 Å². The van der Waals surface area contributed by atoms with Gasteiger partial charge in [-0.1, -0.05) is 22.0 Å². The summed E-state index contributed by atoms with van der Waals surface area (Å²) in [7, 11) is 1.36. The topological polar surface area (TPSA) is 67.8 Å². The molecule has 1 fully saturated rings. The number of ether oxygens (including phenoxy) is 2. The maximum Gasteiger partial charge on any atom is 0.337 e. The van der Waals surface area contributed by atoms with Crippen molar-refractivity contribution >= 4 is 21.9 Å². The van der Waals surface area contributed by atoms with Gasteiger partial charge < -0.3 is 19.9 Å². The molecule has 2 rings (SSSR count). The second-order valence-corrected chi connectivity index (χ2v) is 6.12. The molecule has 0 bridgehead atoms. The predicted octanol–water partition coefficient (Wildman–Crippen LogP) is 1.87. The number of nitrogens with one attached hydrogen (secondary N) is 1. The Morgan fingerprint density at radius 2 is 2.38 bits per heavy atom. The summed E-state index contributed by atoms with van der Waals surface area (Å²) < 4.78 is 10.9. The number of methoxy groups -OCH3 is 1. The largest absolute Gasteiger partial charge is 0.465 e. The van der Waals surface area contributed by atoms with Crippen LogP contribution in [0.4, 0.5) is 0 Å². The number of hydrogen-bond donors (Lipinski definition) is 2. The minimum Gasteiger partial charge on any atom is -0.465 e. The number of benzene rings is 1. The van der Waals surface area contributed by atoms with E-state index < -0.39 is 5.60 Å². The lowest BCUT2D eigenvalue weighted by Crippen LogP contribution is -2.45. The zero-order valence-corrected chi connectivity index (χ0v) is 13.8. The van der Waals surface area contributed by atoms with E-state index in [1.807, 2.05) is 13.0 Å². The van der Waals surface area contributed by atoms with Crippen molar-refractivity contribution in [3.63, 3.8) is 0 Å². The Bertz CT molecular complexity index is 522. The first kappa shape index (κ1) is 16.4. The van der Waals surface area contributed by atoms with Crippen LogP contribution in [-0.2, 0) is 16.0 Å². The van der Waals surface area contributed by atoms with E-state index in [4.69, 9.17) is 4.74 Å². The molecule has 6 heteroatoms. The van der Waals surface area contributed by atoms with Gasteiger partial charge in [-0.15, -0.1) is 0 Å². The highest BCUT2D eigenvalue weighted by Gasteiger charge is 2.38. The molecule has 1 aromatic carbocycles. The number of hydrogen-bond acceptors (Lipinski definition) is 5. The first-order valence-corrected chi connectivity index (χ1v) is 7.67. The van der Waals surface area contributed by atoms with E-state index in [2.05, 4.69) is 26.0 Å². The normalized spacial score (nSPS) is 25.0. The van der Waals surface area contributed by atoms with Gasteiger partial charge in [-0.25, -0.2) is 4.79 Å². The Morgan fingerprint density at radius 1 is 1.62 bits per heavy atom. The molecule has 1 aliphatic rings. The van der Waals surface area contributed by atoms with Crippen LogP contribution in [0, 0.1) is 0 Å². The quantitative estimate of drug-likeness (QED) is 0.787. The minimum absolute atomic E-state index is 0.157. The van der Waals surface area contributed by atoms with Gasteiger partial charge >= 0.3 is 5.97 Å². The van der Waals surface area contributed by atoms with Crippen LogP contribution < -0.4 is 5.32 Å². The maximum atomic E-state index is 11.4. The molecule has 0 spiro atoms. The zero-order valence-electron chi connectivity index (χ0n) is 12.2. The predicted molar refractivity (Wildman–Crippen MR) is 82.2 cm³/mol. The molecule has 1 saturated heterocycles. The number of rotatable bonds is 5. The van der Waals surface area contributed by atoms with Crippen molar-refractivity contribution in [1.82, 2.24) is 5.32 Å². The molecule has 2 N–H and O–H groups in total. The zero-order chi connectivity index (χ0) is 15.5. The second kappa shape index (κ2) is 6.87. The lowest BCUT2D eigenvalue weighted by atomic mass is 9.96. The Hall–Kier alpha value is -0.950. The molecule has 0 radical (unpaired) electrons. The van der Waals surface area contributed by atoms with E-state index in [1.54, 1.807) is 12.1 Å². The molecule has 0 aromatic heterocycles. The van der Waals surface area contributed by atoms with E-state index in [-0.39, 0.29) is 12.1 Å². The van der Waals surface area contributed by atoms with Crippen LogP contribution >= 0.6 is 15.9 Å². The Morgan fingerprint density at radius 3 is 2.95 bits per heavy atom. The molecule has 21 heavy (non-hydrogen) atoms. The van der Waals surface area contributed by atoms with E-state index in [0.29, 0.717) is 31.7 Å². The minimum atomic E-state index is -0.807. The number of carbonyl (C=O) groups is 1. The summed E-state index contributed by atoms with van der Waals surface area (Å²) >= 11 is 3.45. The van der Waals surface area contributed by atoms with Crippen LogP contribution in [0.25, 0.3) is 0 Å². The summed E-state index contributed by atoms with van der Waals surface area (Å²) in [5, 5.41) is 13.6. The maximum absolute atomic E-state index is 11.4. The summed E-state index contributed by atoms with van der Waals surface area (Å²) in [4.78, 5) is 11.4. The molecule has 2 atom stereocenters. The van der Waals surface area contributed by atoms with Crippen molar-refractivity contribution in [2.75, 3.05) is 20.3 Å². The molecule has 0 saturated carbocycles. The monoisotopic (exact) mass is 357 g/mol. The van der Waals surface area contributed by atoms with Gasteiger partial charge in [0.05, 0.1) is 18.8 Å².